The van der Waals surface area contributed by atoms with Crippen LogP contribution in [-0.4, -0.2) is 6.16 Å². The van der Waals surface area contributed by atoms with E-state index in [4.69, 9.17) is 0 Å². The Morgan fingerprint density at radius 2 is 1.88 bits per heavy atom. The molecule has 0 heterocycles. The molecule has 0 spiro atoms. The van der Waals surface area contributed by atoms with E-state index in [2.05, 4.69) is 6.92 Å². The van der Waals surface area contributed by atoms with E-state index >= 15 is 0 Å². The fourth-order valence-electron chi connectivity index (χ4n) is 0.491. The van der Waals surface area contributed by atoms with Crippen LogP contribution in [0.1, 0.15) is 26.2 Å². The molecule has 0 rings (SSSR count). The van der Waals surface area contributed by atoms with E-state index in [0.29, 0.717) is 6.16 Å². The fraction of sp³-hybridized carbons (Fsp3) is 1.00. The topological polar surface area (TPSA) is 34.1 Å². The molecule has 0 saturated carbocycles. The first-order chi connectivity index (χ1) is 3.77. The molecule has 0 aromatic heterocycles. The lowest BCUT2D eigenvalue weighted by Crippen LogP contribution is -1.73. The van der Waals surface area contributed by atoms with Crippen LogP contribution < -0.4 is 0 Å². The maximum absolute atomic E-state index is 9.91. The summed E-state index contributed by atoms with van der Waals surface area (Å²) in [5, 5.41) is 0. The third-order valence-corrected chi connectivity index (χ3v) is 1.63. The van der Waals surface area contributed by atoms with Gasteiger partial charge < -0.3 is 0 Å². The van der Waals surface area contributed by atoms with Gasteiger partial charge in [-0.1, -0.05) is 19.8 Å². The second-order valence-electron chi connectivity index (χ2n) is 1.76. The molecule has 0 atom stereocenters. The van der Waals surface area contributed by atoms with Gasteiger partial charge in [-0.15, -0.1) is 0 Å². The SMILES string of the molecule is CCCCCP(=O)=O. The van der Waals surface area contributed by atoms with E-state index in [0.717, 1.165) is 19.3 Å². The molecule has 0 aliphatic heterocycles. The zero-order valence-corrected chi connectivity index (χ0v) is 5.99. The predicted octanol–water partition coefficient (Wildman–Crippen LogP) is 2.35. The molecule has 0 aromatic carbocycles. The second kappa shape index (κ2) is 5.04. The lowest BCUT2D eigenvalue weighted by Gasteiger charge is -1.85. The van der Waals surface area contributed by atoms with Crippen LogP contribution in [-0.2, 0) is 9.13 Å². The smallest absolute Gasteiger partial charge is 0.237 e. The first kappa shape index (κ1) is 7.90. The highest BCUT2D eigenvalue weighted by Gasteiger charge is 1.88. The number of hydrogen-bond acceptors (Lipinski definition) is 2. The summed E-state index contributed by atoms with van der Waals surface area (Å²) < 4.78 is 19.8. The van der Waals surface area contributed by atoms with Crippen molar-refractivity contribution < 1.29 is 9.13 Å². The van der Waals surface area contributed by atoms with Crippen molar-refractivity contribution in [3.63, 3.8) is 0 Å². The van der Waals surface area contributed by atoms with Gasteiger partial charge in [-0.2, -0.15) is 0 Å². The molecule has 3 heteroatoms. The Hall–Kier alpha value is -0.100. The number of hydrogen-bond donors (Lipinski definition) is 0. The van der Waals surface area contributed by atoms with Gasteiger partial charge in [-0.25, -0.2) is 9.13 Å². The largest absolute Gasteiger partial charge is 0.315 e. The summed E-state index contributed by atoms with van der Waals surface area (Å²) >= 11 is 0. The van der Waals surface area contributed by atoms with Crippen molar-refractivity contribution in [3.05, 3.63) is 0 Å². The Bertz CT molecular complexity index is 99.0. The molecule has 2 nitrogen and oxygen atoms in total. The predicted molar refractivity (Wildman–Crippen MR) is 32.7 cm³/mol. The van der Waals surface area contributed by atoms with Crippen LogP contribution in [0.5, 0.6) is 0 Å². The lowest BCUT2D eigenvalue weighted by atomic mass is 10.3. The third kappa shape index (κ3) is 5.90. The monoisotopic (exact) mass is 134 g/mol. The molecule has 0 unspecified atom stereocenters. The molecule has 8 heavy (non-hydrogen) atoms. The van der Waals surface area contributed by atoms with E-state index in [1.807, 2.05) is 0 Å². The molecule has 0 saturated heterocycles. The zero-order chi connectivity index (χ0) is 6.41. The van der Waals surface area contributed by atoms with Crippen LogP contribution in [0.2, 0.25) is 0 Å². The van der Waals surface area contributed by atoms with Gasteiger partial charge in [0, 0.05) is 0 Å². The minimum atomic E-state index is -2.11. The highest BCUT2D eigenvalue weighted by atomic mass is 31.1. The van der Waals surface area contributed by atoms with Crippen molar-refractivity contribution in [1.29, 1.82) is 0 Å². The summed E-state index contributed by atoms with van der Waals surface area (Å²) in [5.74, 6) is 0. The van der Waals surface area contributed by atoms with E-state index < -0.39 is 7.68 Å². The molecular formula is C5H11O2P. The van der Waals surface area contributed by atoms with Gasteiger partial charge in [0.05, 0.1) is 6.16 Å². The summed E-state index contributed by atoms with van der Waals surface area (Å²) in [6, 6.07) is 0. The maximum atomic E-state index is 9.91. The van der Waals surface area contributed by atoms with E-state index in [1.54, 1.807) is 0 Å². The summed E-state index contributed by atoms with van der Waals surface area (Å²) in [4.78, 5) is 0. The van der Waals surface area contributed by atoms with Crippen molar-refractivity contribution in [2.75, 3.05) is 6.16 Å². The molecule has 0 fully saturated rings. The van der Waals surface area contributed by atoms with Crippen LogP contribution in [0.25, 0.3) is 0 Å². The van der Waals surface area contributed by atoms with Gasteiger partial charge in [0.15, 0.2) is 0 Å². The standard InChI is InChI=1S/C5H11O2P/c1-2-3-4-5-8(6)7/h2-5H2,1H3. The minimum Gasteiger partial charge on any atom is -0.237 e. The first-order valence-electron chi connectivity index (χ1n) is 2.89. The highest BCUT2D eigenvalue weighted by molar-refractivity contribution is 7.30. The Balaban J connectivity index is 2.94. The van der Waals surface area contributed by atoms with Crippen LogP contribution >= 0.6 is 7.68 Å². The molecule has 0 radical (unpaired) electrons. The molecular weight excluding hydrogens is 123 g/mol. The highest BCUT2D eigenvalue weighted by Crippen LogP contribution is 2.07. The summed E-state index contributed by atoms with van der Waals surface area (Å²) in [6.07, 6.45) is 3.31. The zero-order valence-electron chi connectivity index (χ0n) is 5.09. The molecule has 0 bridgehead atoms. The van der Waals surface area contributed by atoms with E-state index in [-0.39, 0.29) is 0 Å². The third-order valence-electron chi connectivity index (χ3n) is 0.944. The molecule has 0 amide bonds. The van der Waals surface area contributed by atoms with Crippen LogP contribution in [0.3, 0.4) is 0 Å². The van der Waals surface area contributed by atoms with Gasteiger partial charge in [0.1, 0.15) is 0 Å². The van der Waals surface area contributed by atoms with E-state index in [1.165, 1.54) is 0 Å². The lowest BCUT2D eigenvalue weighted by molar-refractivity contribution is 0.513. The van der Waals surface area contributed by atoms with Gasteiger partial charge >= 0.3 is 7.68 Å². The van der Waals surface area contributed by atoms with E-state index in [9.17, 15) is 9.13 Å². The average Bonchev–Trinajstić information content (AvgIpc) is 1.66. The van der Waals surface area contributed by atoms with Gasteiger partial charge in [-0.3, -0.25) is 0 Å². The number of unbranched alkanes of at least 4 members (excludes halogenated alkanes) is 2. The molecule has 0 aromatic rings. The first-order valence-corrected chi connectivity index (χ1v) is 4.25. The van der Waals surface area contributed by atoms with Crippen molar-refractivity contribution >= 4 is 7.68 Å². The fourth-order valence-corrected chi connectivity index (χ4v) is 0.973. The molecule has 48 valence electrons. The number of rotatable bonds is 4. The van der Waals surface area contributed by atoms with Crippen molar-refractivity contribution in [3.8, 4) is 0 Å². The van der Waals surface area contributed by atoms with Crippen LogP contribution in [0.4, 0.5) is 0 Å². The Morgan fingerprint density at radius 3 is 2.25 bits per heavy atom. The van der Waals surface area contributed by atoms with Gasteiger partial charge in [0.2, 0.25) is 0 Å². The quantitative estimate of drug-likeness (QED) is 0.436. The molecule has 0 aliphatic carbocycles. The average molecular weight is 134 g/mol. The Labute approximate surface area is 50.1 Å². The second-order valence-corrected chi connectivity index (χ2v) is 2.88. The molecule has 0 N–H and O–H groups in total. The van der Waals surface area contributed by atoms with Gasteiger partial charge in [-0.05, 0) is 6.42 Å². The van der Waals surface area contributed by atoms with Crippen LogP contribution in [0.15, 0.2) is 0 Å². The van der Waals surface area contributed by atoms with Crippen molar-refractivity contribution in [2.45, 2.75) is 26.2 Å². The summed E-state index contributed by atoms with van der Waals surface area (Å²) in [6.45, 7) is 2.05. The summed E-state index contributed by atoms with van der Waals surface area (Å²) in [7, 11) is -2.11. The van der Waals surface area contributed by atoms with Gasteiger partial charge in [0.25, 0.3) is 0 Å². The Kier molecular flexibility index (Phi) is 4.98. The molecule has 0 aliphatic rings. The Morgan fingerprint density at radius 1 is 1.25 bits per heavy atom. The van der Waals surface area contributed by atoms with Crippen molar-refractivity contribution in [2.24, 2.45) is 0 Å². The normalized spacial score (nSPS) is 9.12. The van der Waals surface area contributed by atoms with Crippen LogP contribution in [0, 0.1) is 0 Å². The minimum absolute atomic E-state index is 0.364. The van der Waals surface area contributed by atoms with Crippen molar-refractivity contribution in [1.82, 2.24) is 0 Å². The summed E-state index contributed by atoms with van der Waals surface area (Å²) in [5.41, 5.74) is 0. The maximum Gasteiger partial charge on any atom is 0.315 e.